The molecule has 0 unspecified atom stereocenters. The van der Waals surface area contributed by atoms with Gasteiger partial charge in [-0.25, -0.2) is 14.0 Å². The summed E-state index contributed by atoms with van der Waals surface area (Å²) in [5, 5.41) is 20.1. The largest absolute Gasteiger partial charge is 0.490 e. The van der Waals surface area contributed by atoms with Crippen molar-refractivity contribution >= 4 is 46.5 Å². The maximum absolute atomic E-state index is 13.2. The zero-order chi connectivity index (χ0) is 28.7. The molecular formula is C26H22ClF4N3O5. The molecule has 0 bridgehead atoms. The molecule has 206 valence electrons. The Labute approximate surface area is 225 Å². The number of anilines is 3. The lowest BCUT2D eigenvalue weighted by Crippen LogP contribution is -2.47. The van der Waals surface area contributed by atoms with Gasteiger partial charge in [-0.3, -0.25) is 4.79 Å². The smallest absolute Gasteiger partial charge is 0.478 e. The van der Waals surface area contributed by atoms with Crippen molar-refractivity contribution in [2.75, 3.05) is 41.3 Å². The predicted octanol–water partition coefficient (Wildman–Crippen LogP) is 5.39. The topological polar surface area (TPSA) is 110 Å². The number of aliphatic carboxylic acids is 1. The first-order chi connectivity index (χ1) is 18.3. The summed E-state index contributed by atoms with van der Waals surface area (Å²) < 4.78 is 44.9. The van der Waals surface area contributed by atoms with Crippen LogP contribution in [-0.2, 0) is 4.79 Å². The van der Waals surface area contributed by atoms with Gasteiger partial charge in [0.1, 0.15) is 5.82 Å². The Morgan fingerprint density at radius 1 is 0.846 bits per heavy atom. The molecule has 3 N–H and O–H groups in total. The number of hydrogen-bond donors (Lipinski definition) is 3. The van der Waals surface area contributed by atoms with Gasteiger partial charge < -0.3 is 25.3 Å². The first kappa shape index (κ1) is 29.2. The Bertz CT molecular complexity index is 1340. The molecule has 0 spiro atoms. The maximum atomic E-state index is 13.2. The quantitative estimate of drug-likeness (QED) is 0.355. The van der Waals surface area contributed by atoms with Crippen LogP contribution in [0.1, 0.15) is 20.7 Å². The Hall–Kier alpha value is -4.32. The zero-order valence-electron chi connectivity index (χ0n) is 20.1. The van der Waals surface area contributed by atoms with Gasteiger partial charge in [0.25, 0.3) is 5.91 Å². The number of alkyl halides is 3. The van der Waals surface area contributed by atoms with Crippen molar-refractivity contribution in [2.24, 2.45) is 0 Å². The highest BCUT2D eigenvalue weighted by Gasteiger charge is 2.38. The number of carbonyl (C=O) groups is 3. The van der Waals surface area contributed by atoms with Crippen LogP contribution in [0.3, 0.4) is 0 Å². The number of halogens is 5. The lowest BCUT2D eigenvalue weighted by molar-refractivity contribution is -0.192. The van der Waals surface area contributed by atoms with Crippen LogP contribution >= 0.6 is 11.6 Å². The van der Waals surface area contributed by atoms with E-state index in [2.05, 4.69) is 10.2 Å². The van der Waals surface area contributed by atoms with E-state index in [4.69, 9.17) is 21.5 Å². The van der Waals surface area contributed by atoms with E-state index in [1.165, 1.54) is 18.2 Å². The van der Waals surface area contributed by atoms with Gasteiger partial charge in [-0.05, 0) is 60.7 Å². The predicted molar refractivity (Wildman–Crippen MR) is 137 cm³/mol. The number of carboxylic acids is 2. The maximum Gasteiger partial charge on any atom is 0.490 e. The highest BCUT2D eigenvalue weighted by molar-refractivity contribution is 6.31. The molecule has 1 aliphatic heterocycles. The van der Waals surface area contributed by atoms with Gasteiger partial charge in [0, 0.05) is 48.1 Å². The molecule has 0 aliphatic carbocycles. The van der Waals surface area contributed by atoms with Gasteiger partial charge in [0.2, 0.25) is 0 Å². The molecule has 1 heterocycles. The zero-order valence-corrected chi connectivity index (χ0v) is 20.8. The molecule has 3 aromatic carbocycles. The number of hydrogen-bond acceptors (Lipinski definition) is 5. The third-order valence-electron chi connectivity index (χ3n) is 5.63. The van der Waals surface area contributed by atoms with Gasteiger partial charge in [0.15, 0.2) is 0 Å². The standard InChI is InChI=1S/C24H21ClFN3O3.C2HF3O2/c25-17-3-1-2-16(14-17)23(30)27-19-6-9-22(21(15-19)24(31)32)29-12-10-28(11-13-29)20-7-4-18(26)5-8-20;3-2(4,5)1(6)7/h1-9,14-15H,10-13H2,(H,27,30)(H,31,32);(H,6,7). The number of carboxylic acid groups (broad SMARTS) is 2. The average molecular weight is 568 g/mol. The monoisotopic (exact) mass is 567 g/mol. The fourth-order valence-electron chi connectivity index (χ4n) is 3.75. The van der Waals surface area contributed by atoms with E-state index in [0.29, 0.717) is 48.1 Å². The summed E-state index contributed by atoms with van der Waals surface area (Å²) >= 11 is 5.94. The first-order valence-corrected chi connectivity index (χ1v) is 11.7. The van der Waals surface area contributed by atoms with Crippen molar-refractivity contribution in [1.82, 2.24) is 0 Å². The van der Waals surface area contributed by atoms with Crippen LogP contribution in [-0.4, -0.2) is 60.4 Å². The number of piperazine rings is 1. The van der Waals surface area contributed by atoms with Crippen LogP contribution in [0.2, 0.25) is 5.02 Å². The molecule has 8 nitrogen and oxygen atoms in total. The minimum atomic E-state index is -5.08. The summed E-state index contributed by atoms with van der Waals surface area (Å²) in [6.07, 6.45) is -5.08. The Morgan fingerprint density at radius 3 is 1.97 bits per heavy atom. The Kier molecular flexibility index (Phi) is 9.36. The highest BCUT2D eigenvalue weighted by atomic mass is 35.5. The van der Waals surface area contributed by atoms with Crippen molar-refractivity contribution in [3.8, 4) is 0 Å². The second-order valence-electron chi connectivity index (χ2n) is 8.25. The number of amides is 1. The molecule has 1 fully saturated rings. The first-order valence-electron chi connectivity index (χ1n) is 11.3. The van der Waals surface area contributed by atoms with Crippen molar-refractivity contribution in [3.63, 3.8) is 0 Å². The molecule has 0 radical (unpaired) electrons. The van der Waals surface area contributed by atoms with E-state index >= 15 is 0 Å². The number of nitrogens with one attached hydrogen (secondary N) is 1. The fourth-order valence-corrected chi connectivity index (χ4v) is 3.94. The number of carbonyl (C=O) groups excluding carboxylic acids is 1. The highest BCUT2D eigenvalue weighted by Crippen LogP contribution is 2.27. The van der Waals surface area contributed by atoms with Crippen molar-refractivity contribution in [1.29, 1.82) is 0 Å². The van der Waals surface area contributed by atoms with Crippen LogP contribution in [0, 0.1) is 5.82 Å². The summed E-state index contributed by atoms with van der Waals surface area (Å²) in [5.74, 6) is -4.47. The summed E-state index contributed by atoms with van der Waals surface area (Å²) in [6, 6.07) is 17.7. The summed E-state index contributed by atoms with van der Waals surface area (Å²) in [6.45, 7) is 2.59. The van der Waals surface area contributed by atoms with E-state index in [1.807, 2.05) is 4.90 Å². The number of nitrogens with zero attached hydrogens (tertiary/aromatic N) is 2. The van der Waals surface area contributed by atoms with Crippen LogP contribution in [0.25, 0.3) is 0 Å². The average Bonchev–Trinajstić information content (AvgIpc) is 2.89. The summed E-state index contributed by atoms with van der Waals surface area (Å²) in [5.41, 5.74) is 2.42. The molecule has 3 aromatic rings. The summed E-state index contributed by atoms with van der Waals surface area (Å²) in [4.78, 5) is 37.4. The second-order valence-corrected chi connectivity index (χ2v) is 8.69. The Morgan fingerprint density at radius 2 is 1.44 bits per heavy atom. The van der Waals surface area contributed by atoms with Gasteiger partial charge in [0.05, 0.1) is 11.3 Å². The van der Waals surface area contributed by atoms with E-state index in [1.54, 1.807) is 48.5 Å². The van der Waals surface area contributed by atoms with E-state index in [9.17, 15) is 32.3 Å². The molecule has 4 rings (SSSR count). The van der Waals surface area contributed by atoms with Gasteiger partial charge >= 0.3 is 18.1 Å². The molecule has 1 saturated heterocycles. The number of benzene rings is 3. The van der Waals surface area contributed by atoms with E-state index < -0.39 is 18.1 Å². The summed E-state index contributed by atoms with van der Waals surface area (Å²) in [7, 11) is 0. The van der Waals surface area contributed by atoms with Crippen molar-refractivity contribution in [3.05, 3.63) is 88.7 Å². The van der Waals surface area contributed by atoms with Crippen LogP contribution in [0.15, 0.2) is 66.7 Å². The molecule has 1 amide bonds. The van der Waals surface area contributed by atoms with Crippen LogP contribution in [0.5, 0.6) is 0 Å². The number of aromatic carboxylic acids is 1. The Balaban J connectivity index is 0.000000532. The SMILES string of the molecule is O=C(Nc1ccc(N2CCN(c3ccc(F)cc3)CC2)c(C(=O)O)c1)c1cccc(Cl)c1.O=C(O)C(F)(F)F. The molecule has 1 aliphatic rings. The minimum Gasteiger partial charge on any atom is -0.478 e. The van der Waals surface area contributed by atoms with E-state index in [-0.39, 0.29) is 17.3 Å². The van der Waals surface area contributed by atoms with Crippen LogP contribution < -0.4 is 15.1 Å². The van der Waals surface area contributed by atoms with Crippen LogP contribution in [0.4, 0.5) is 34.6 Å². The van der Waals surface area contributed by atoms with Gasteiger partial charge in [-0.2, -0.15) is 13.2 Å². The molecule has 39 heavy (non-hydrogen) atoms. The fraction of sp³-hybridized carbons (Fsp3) is 0.192. The minimum absolute atomic E-state index is 0.115. The lowest BCUT2D eigenvalue weighted by atomic mass is 10.1. The third kappa shape index (κ3) is 8.08. The molecule has 13 heteroatoms. The van der Waals surface area contributed by atoms with Gasteiger partial charge in [-0.15, -0.1) is 0 Å². The normalized spacial score (nSPS) is 13.3. The van der Waals surface area contributed by atoms with Crippen molar-refractivity contribution in [2.45, 2.75) is 6.18 Å². The lowest BCUT2D eigenvalue weighted by Gasteiger charge is -2.38. The molecule has 0 aromatic heterocycles. The molecule has 0 saturated carbocycles. The number of rotatable bonds is 5. The third-order valence-corrected chi connectivity index (χ3v) is 5.86. The van der Waals surface area contributed by atoms with E-state index in [0.717, 1.165) is 5.69 Å². The van der Waals surface area contributed by atoms with Gasteiger partial charge in [-0.1, -0.05) is 17.7 Å². The van der Waals surface area contributed by atoms with Crippen molar-refractivity contribution < 1.29 is 42.2 Å². The molecule has 0 atom stereocenters. The second kappa shape index (κ2) is 12.5. The molecular weight excluding hydrogens is 546 g/mol.